The molecular formula is C16H18ClNO3. The van der Waals surface area contributed by atoms with Crippen molar-refractivity contribution in [2.24, 2.45) is 0 Å². The molecule has 1 atom stereocenters. The zero-order valence-electron chi connectivity index (χ0n) is 11.8. The first kappa shape index (κ1) is 15.6. The van der Waals surface area contributed by atoms with Gasteiger partial charge in [0.15, 0.2) is 0 Å². The van der Waals surface area contributed by atoms with E-state index in [-0.39, 0.29) is 12.5 Å². The van der Waals surface area contributed by atoms with Gasteiger partial charge in [-0.05, 0) is 31.0 Å². The van der Waals surface area contributed by atoms with Crippen LogP contribution in [0.5, 0.6) is 0 Å². The lowest BCUT2D eigenvalue weighted by molar-refractivity contribution is -0.122. The molecule has 0 saturated heterocycles. The van der Waals surface area contributed by atoms with Gasteiger partial charge in [-0.2, -0.15) is 0 Å². The second kappa shape index (κ2) is 6.78. The SMILES string of the molecule is CC(O)(CNC(=O)CCc1ccoc1)c1ccccc1Cl. The Balaban J connectivity index is 1.86. The first-order valence-corrected chi connectivity index (χ1v) is 7.12. The highest BCUT2D eigenvalue weighted by atomic mass is 35.5. The molecule has 0 fully saturated rings. The van der Waals surface area contributed by atoms with Gasteiger partial charge in [-0.15, -0.1) is 0 Å². The number of rotatable bonds is 6. The Kier molecular flexibility index (Phi) is 5.04. The third-order valence-electron chi connectivity index (χ3n) is 3.30. The van der Waals surface area contributed by atoms with Gasteiger partial charge in [0.2, 0.25) is 5.91 Å². The van der Waals surface area contributed by atoms with E-state index in [0.29, 0.717) is 23.4 Å². The summed E-state index contributed by atoms with van der Waals surface area (Å²) in [5, 5.41) is 13.7. The number of hydrogen-bond donors (Lipinski definition) is 2. The lowest BCUT2D eigenvalue weighted by Crippen LogP contribution is -2.38. The molecule has 2 N–H and O–H groups in total. The summed E-state index contributed by atoms with van der Waals surface area (Å²) in [6, 6.07) is 8.89. The largest absolute Gasteiger partial charge is 0.472 e. The maximum Gasteiger partial charge on any atom is 0.220 e. The number of furan rings is 1. The van der Waals surface area contributed by atoms with Crippen molar-refractivity contribution in [2.75, 3.05) is 6.54 Å². The number of aliphatic hydroxyl groups is 1. The zero-order valence-corrected chi connectivity index (χ0v) is 12.6. The van der Waals surface area contributed by atoms with E-state index < -0.39 is 5.60 Å². The average molecular weight is 308 g/mol. The van der Waals surface area contributed by atoms with Crippen LogP contribution in [0.4, 0.5) is 0 Å². The first-order valence-electron chi connectivity index (χ1n) is 6.74. The molecular weight excluding hydrogens is 290 g/mol. The van der Waals surface area contributed by atoms with E-state index in [1.54, 1.807) is 43.7 Å². The summed E-state index contributed by atoms with van der Waals surface area (Å²) in [4.78, 5) is 11.8. The van der Waals surface area contributed by atoms with Crippen LogP contribution in [0.25, 0.3) is 0 Å². The molecule has 0 radical (unpaired) electrons. The van der Waals surface area contributed by atoms with Gasteiger partial charge in [0.1, 0.15) is 5.60 Å². The Morgan fingerprint density at radius 1 is 1.38 bits per heavy atom. The Morgan fingerprint density at radius 2 is 2.14 bits per heavy atom. The fourth-order valence-electron chi connectivity index (χ4n) is 2.05. The van der Waals surface area contributed by atoms with E-state index in [0.717, 1.165) is 5.56 Å². The molecule has 4 nitrogen and oxygen atoms in total. The second-order valence-electron chi connectivity index (χ2n) is 5.16. The van der Waals surface area contributed by atoms with Gasteiger partial charge in [-0.1, -0.05) is 29.8 Å². The third kappa shape index (κ3) is 4.34. The molecule has 1 aromatic carbocycles. The van der Waals surface area contributed by atoms with Crippen LogP contribution in [0.2, 0.25) is 5.02 Å². The molecule has 112 valence electrons. The quantitative estimate of drug-likeness (QED) is 0.862. The van der Waals surface area contributed by atoms with Gasteiger partial charge in [0, 0.05) is 17.0 Å². The van der Waals surface area contributed by atoms with Crippen LogP contribution < -0.4 is 5.32 Å². The second-order valence-corrected chi connectivity index (χ2v) is 5.57. The molecule has 2 rings (SSSR count). The zero-order chi connectivity index (χ0) is 15.3. The molecule has 0 bridgehead atoms. The van der Waals surface area contributed by atoms with E-state index in [1.807, 2.05) is 6.07 Å². The summed E-state index contributed by atoms with van der Waals surface area (Å²) >= 11 is 6.07. The van der Waals surface area contributed by atoms with Crippen molar-refractivity contribution in [3.05, 3.63) is 59.0 Å². The van der Waals surface area contributed by atoms with E-state index in [4.69, 9.17) is 16.0 Å². The van der Waals surface area contributed by atoms with Crippen LogP contribution in [0.15, 0.2) is 47.3 Å². The predicted octanol–water partition coefficient (Wildman–Crippen LogP) is 2.89. The van der Waals surface area contributed by atoms with Gasteiger partial charge in [-0.3, -0.25) is 4.79 Å². The Labute approximate surface area is 128 Å². The molecule has 1 aromatic heterocycles. The number of hydrogen-bond acceptors (Lipinski definition) is 3. The van der Waals surface area contributed by atoms with Crippen molar-refractivity contribution in [1.29, 1.82) is 0 Å². The maximum absolute atomic E-state index is 11.8. The Bertz CT molecular complexity index is 593. The highest BCUT2D eigenvalue weighted by molar-refractivity contribution is 6.31. The number of halogens is 1. The van der Waals surface area contributed by atoms with E-state index >= 15 is 0 Å². The van der Waals surface area contributed by atoms with Crippen LogP contribution in [0, 0.1) is 0 Å². The molecule has 0 saturated carbocycles. The van der Waals surface area contributed by atoms with E-state index in [1.165, 1.54) is 0 Å². The number of carbonyl (C=O) groups excluding carboxylic acids is 1. The van der Waals surface area contributed by atoms with Crippen LogP contribution in [0.1, 0.15) is 24.5 Å². The monoisotopic (exact) mass is 307 g/mol. The van der Waals surface area contributed by atoms with Crippen molar-refractivity contribution < 1.29 is 14.3 Å². The smallest absolute Gasteiger partial charge is 0.220 e. The number of benzene rings is 1. The standard InChI is InChI=1S/C16H18ClNO3/c1-16(20,13-4-2-3-5-14(13)17)11-18-15(19)7-6-12-8-9-21-10-12/h2-5,8-10,20H,6-7,11H2,1H3,(H,18,19). The highest BCUT2D eigenvalue weighted by Gasteiger charge is 2.25. The van der Waals surface area contributed by atoms with Gasteiger partial charge in [-0.25, -0.2) is 0 Å². The van der Waals surface area contributed by atoms with Crippen molar-refractivity contribution in [1.82, 2.24) is 5.32 Å². The van der Waals surface area contributed by atoms with Crippen LogP contribution in [-0.2, 0) is 16.8 Å². The van der Waals surface area contributed by atoms with Crippen molar-refractivity contribution >= 4 is 17.5 Å². The van der Waals surface area contributed by atoms with Crippen LogP contribution in [0.3, 0.4) is 0 Å². The number of carbonyl (C=O) groups is 1. The molecule has 1 unspecified atom stereocenters. The molecule has 5 heteroatoms. The third-order valence-corrected chi connectivity index (χ3v) is 3.63. The summed E-state index contributed by atoms with van der Waals surface area (Å²) in [7, 11) is 0. The lowest BCUT2D eigenvalue weighted by atomic mass is 9.96. The minimum atomic E-state index is -1.20. The molecule has 2 aromatic rings. The molecule has 0 spiro atoms. The van der Waals surface area contributed by atoms with Gasteiger partial charge in [0.25, 0.3) is 0 Å². The van der Waals surface area contributed by atoms with Crippen LogP contribution in [-0.4, -0.2) is 17.6 Å². The minimum Gasteiger partial charge on any atom is -0.472 e. The molecule has 0 aliphatic heterocycles. The van der Waals surface area contributed by atoms with Crippen molar-refractivity contribution in [2.45, 2.75) is 25.4 Å². The minimum absolute atomic E-state index is 0.112. The molecule has 0 aliphatic rings. The fraction of sp³-hybridized carbons (Fsp3) is 0.312. The van der Waals surface area contributed by atoms with Gasteiger partial charge in [0.05, 0.1) is 19.1 Å². The Hall–Kier alpha value is -1.78. The summed E-state index contributed by atoms with van der Waals surface area (Å²) in [6.07, 6.45) is 4.15. The van der Waals surface area contributed by atoms with Gasteiger partial charge < -0.3 is 14.8 Å². The summed E-state index contributed by atoms with van der Waals surface area (Å²) in [5.74, 6) is -0.122. The van der Waals surface area contributed by atoms with E-state index in [9.17, 15) is 9.90 Å². The Morgan fingerprint density at radius 3 is 2.81 bits per heavy atom. The molecule has 1 amide bonds. The molecule has 0 aliphatic carbocycles. The van der Waals surface area contributed by atoms with E-state index in [2.05, 4.69) is 5.32 Å². The van der Waals surface area contributed by atoms with Gasteiger partial charge >= 0.3 is 0 Å². The number of aryl methyl sites for hydroxylation is 1. The lowest BCUT2D eigenvalue weighted by Gasteiger charge is -2.25. The summed E-state index contributed by atoms with van der Waals surface area (Å²) in [5.41, 5.74) is 0.369. The average Bonchev–Trinajstić information content (AvgIpc) is 2.96. The summed E-state index contributed by atoms with van der Waals surface area (Å²) < 4.78 is 4.95. The topological polar surface area (TPSA) is 62.5 Å². The van der Waals surface area contributed by atoms with Crippen LogP contribution >= 0.6 is 11.6 Å². The van der Waals surface area contributed by atoms with Crippen molar-refractivity contribution in [3.63, 3.8) is 0 Å². The normalized spacial score (nSPS) is 13.7. The fourth-order valence-corrected chi connectivity index (χ4v) is 2.38. The maximum atomic E-state index is 11.8. The molecule has 1 heterocycles. The summed E-state index contributed by atoms with van der Waals surface area (Å²) in [6.45, 7) is 1.74. The first-order chi connectivity index (χ1) is 9.99. The highest BCUT2D eigenvalue weighted by Crippen LogP contribution is 2.27. The molecule has 21 heavy (non-hydrogen) atoms. The number of nitrogens with one attached hydrogen (secondary N) is 1. The number of amides is 1. The predicted molar refractivity (Wildman–Crippen MR) is 81.1 cm³/mol. The van der Waals surface area contributed by atoms with Crippen molar-refractivity contribution in [3.8, 4) is 0 Å².